The summed E-state index contributed by atoms with van der Waals surface area (Å²) in [5, 5.41) is 4.59. The number of rotatable bonds is 5. The predicted octanol–water partition coefficient (Wildman–Crippen LogP) is 11.5. The molecule has 0 aliphatic carbocycles. The molecule has 0 amide bonds. The van der Waals surface area contributed by atoms with Crippen LogP contribution in [0.3, 0.4) is 0 Å². The molecule has 0 bridgehead atoms. The molecule has 5 heteroatoms. The van der Waals surface area contributed by atoms with Crippen LogP contribution in [0, 0.1) is 0 Å². The van der Waals surface area contributed by atoms with Crippen molar-refractivity contribution in [2.24, 2.45) is 0 Å². The minimum Gasteiger partial charge on any atom is -0.456 e. The van der Waals surface area contributed by atoms with Gasteiger partial charge in [-0.3, -0.25) is 4.98 Å². The van der Waals surface area contributed by atoms with Crippen molar-refractivity contribution in [2.75, 3.05) is 0 Å². The number of benzene rings is 6. The first-order valence-electron chi connectivity index (χ1n) is 16.7. The summed E-state index contributed by atoms with van der Waals surface area (Å²) >= 11 is 0. The molecule has 0 radical (unpaired) electrons. The van der Waals surface area contributed by atoms with Gasteiger partial charge in [0.15, 0.2) is 5.82 Å². The molecule has 50 heavy (non-hydrogen) atoms. The van der Waals surface area contributed by atoms with Crippen molar-refractivity contribution < 1.29 is 4.42 Å². The van der Waals surface area contributed by atoms with Gasteiger partial charge in [0.05, 0.1) is 22.4 Å². The third-order valence-corrected chi connectivity index (χ3v) is 9.50. The highest BCUT2D eigenvalue weighted by Gasteiger charge is 2.17. The molecule has 0 aliphatic heterocycles. The number of nitrogens with zero attached hydrogens (tertiary/aromatic N) is 4. The number of pyridine rings is 1. The van der Waals surface area contributed by atoms with Gasteiger partial charge >= 0.3 is 0 Å². The summed E-state index contributed by atoms with van der Waals surface area (Å²) in [5.41, 5.74) is 11.9. The monoisotopic (exact) mass is 640 g/mol. The van der Waals surface area contributed by atoms with E-state index in [0.717, 1.165) is 77.9 Å². The lowest BCUT2D eigenvalue weighted by atomic mass is 9.99. The van der Waals surface area contributed by atoms with Gasteiger partial charge in [-0.2, -0.15) is 0 Å². The molecule has 0 unspecified atom stereocenters. The Morgan fingerprint density at radius 2 is 1.02 bits per heavy atom. The number of hydrogen-bond donors (Lipinski definition) is 0. The highest BCUT2D eigenvalue weighted by atomic mass is 16.3. The van der Waals surface area contributed by atoms with E-state index in [1.807, 2.05) is 54.9 Å². The zero-order valence-electron chi connectivity index (χ0n) is 26.9. The Balaban J connectivity index is 1.23. The molecule has 234 valence electrons. The summed E-state index contributed by atoms with van der Waals surface area (Å²) in [7, 11) is 0. The van der Waals surface area contributed by atoms with Crippen molar-refractivity contribution in [1.29, 1.82) is 0 Å². The van der Waals surface area contributed by atoms with Gasteiger partial charge in [0.1, 0.15) is 11.2 Å². The molecule has 10 aromatic rings. The molecule has 0 aliphatic rings. The minimum atomic E-state index is 0.669. The number of para-hydroxylation sites is 3. The summed E-state index contributed by atoms with van der Waals surface area (Å²) < 4.78 is 8.51. The van der Waals surface area contributed by atoms with Crippen LogP contribution in [0.1, 0.15) is 0 Å². The van der Waals surface area contributed by atoms with E-state index in [2.05, 4.69) is 125 Å². The molecule has 0 fully saturated rings. The lowest BCUT2D eigenvalue weighted by molar-refractivity contribution is 0.669. The van der Waals surface area contributed by atoms with Crippen molar-refractivity contribution in [3.05, 3.63) is 170 Å². The first-order valence-corrected chi connectivity index (χ1v) is 16.7. The maximum atomic E-state index is 6.15. The van der Waals surface area contributed by atoms with Crippen LogP contribution >= 0.6 is 0 Å². The largest absolute Gasteiger partial charge is 0.456 e. The Bertz CT molecular complexity index is 2820. The lowest BCUT2D eigenvalue weighted by Crippen LogP contribution is -1.99. The Morgan fingerprint density at radius 1 is 0.400 bits per heavy atom. The van der Waals surface area contributed by atoms with E-state index in [1.54, 1.807) is 0 Å². The van der Waals surface area contributed by atoms with Gasteiger partial charge < -0.3 is 8.98 Å². The fraction of sp³-hybridized carbons (Fsp3) is 0. The minimum absolute atomic E-state index is 0.669. The van der Waals surface area contributed by atoms with Crippen LogP contribution in [0.2, 0.25) is 0 Å². The summed E-state index contributed by atoms with van der Waals surface area (Å²) in [6.45, 7) is 0. The zero-order chi connectivity index (χ0) is 33.0. The third kappa shape index (κ3) is 4.67. The van der Waals surface area contributed by atoms with Crippen molar-refractivity contribution in [3.63, 3.8) is 0 Å². The van der Waals surface area contributed by atoms with E-state index in [9.17, 15) is 0 Å². The Morgan fingerprint density at radius 3 is 1.78 bits per heavy atom. The second kappa shape index (κ2) is 11.4. The molecule has 0 saturated carbocycles. The molecular formula is C45H28N4O. The van der Waals surface area contributed by atoms with Crippen molar-refractivity contribution in [3.8, 4) is 50.7 Å². The molecule has 0 spiro atoms. The first kappa shape index (κ1) is 28.2. The van der Waals surface area contributed by atoms with Crippen molar-refractivity contribution in [1.82, 2.24) is 19.5 Å². The number of hydrogen-bond acceptors (Lipinski definition) is 4. The van der Waals surface area contributed by atoms with Crippen LogP contribution in [-0.4, -0.2) is 19.5 Å². The normalized spacial score (nSPS) is 11.6. The van der Waals surface area contributed by atoms with Gasteiger partial charge in [-0.25, -0.2) is 9.97 Å². The molecule has 6 aromatic carbocycles. The highest BCUT2D eigenvalue weighted by molar-refractivity contribution is 6.09. The van der Waals surface area contributed by atoms with Crippen LogP contribution in [-0.2, 0) is 0 Å². The predicted molar refractivity (Wildman–Crippen MR) is 203 cm³/mol. The molecular weight excluding hydrogens is 613 g/mol. The van der Waals surface area contributed by atoms with E-state index in [0.29, 0.717) is 5.82 Å². The van der Waals surface area contributed by atoms with E-state index in [1.165, 1.54) is 10.8 Å². The topological polar surface area (TPSA) is 56.7 Å². The fourth-order valence-corrected chi connectivity index (χ4v) is 7.14. The first-order chi connectivity index (χ1) is 24.8. The number of furan rings is 1. The van der Waals surface area contributed by atoms with Crippen LogP contribution in [0.15, 0.2) is 175 Å². The molecule has 0 atom stereocenters. The van der Waals surface area contributed by atoms with E-state index in [4.69, 9.17) is 14.4 Å². The lowest BCUT2D eigenvalue weighted by Gasteiger charge is -2.15. The molecule has 4 aromatic heterocycles. The number of aromatic nitrogens is 4. The van der Waals surface area contributed by atoms with Crippen molar-refractivity contribution >= 4 is 43.7 Å². The average Bonchev–Trinajstić information content (AvgIpc) is 3.74. The van der Waals surface area contributed by atoms with E-state index >= 15 is 0 Å². The summed E-state index contributed by atoms with van der Waals surface area (Å²) in [5.74, 6) is 0.669. The fourth-order valence-electron chi connectivity index (χ4n) is 7.14. The van der Waals surface area contributed by atoms with Crippen LogP contribution in [0.5, 0.6) is 0 Å². The van der Waals surface area contributed by atoms with E-state index < -0.39 is 0 Å². The van der Waals surface area contributed by atoms with Crippen LogP contribution in [0.4, 0.5) is 0 Å². The molecule has 10 rings (SSSR count). The molecule has 0 N–H and O–H groups in total. The molecule has 4 heterocycles. The Labute approximate surface area is 287 Å². The second-order valence-corrected chi connectivity index (χ2v) is 12.5. The van der Waals surface area contributed by atoms with E-state index in [-0.39, 0.29) is 0 Å². The summed E-state index contributed by atoms with van der Waals surface area (Å²) in [4.78, 5) is 14.7. The third-order valence-electron chi connectivity index (χ3n) is 9.50. The van der Waals surface area contributed by atoms with Crippen LogP contribution < -0.4 is 0 Å². The summed E-state index contributed by atoms with van der Waals surface area (Å²) in [6, 6.07) is 54.8. The van der Waals surface area contributed by atoms with Gasteiger partial charge in [-0.05, 0) is 83.9 Å². The maximum Gasteiger partial charge on any atom is 0.160 e. The quantitative estimate of drug-likeness (QED) is 0.188. The Hall–Kier alpha value is -6.85. The highest BCUT2D eigenvalue weighted by Crippen LogP contribution is 2.38. The van der Waals surface area contributed by atoms with Crippen LogP contribution in [0.25, 0.3) is 94.5 Å². The molecule has 5 nitrogen and oxygen atoms in total. The summed E-state index contributed by atoms with van der Waals surface area (Å²) in [6.07, 6.45) is 3.68. The van der Waals surface area contributed by atoms with Gasteiger partial charge in [0.2, 0.25) is 0 Å². The van der Waals surface area contributed by atoms with Gasteiger partial charge in [0.25, 0.3) is 0 Å². The average molecular weight is 641 g/mol. The van der Waals surface area contributed by atoms with Gasteiger partial charge in [-0.1, -0.05) is 84.9 Å². The number of fused-ring (bicyclic) bond motifs is 6. The second-order valence-electron chi connectivity index (χ2n) is 12.5. The molecule has 0 saturated heterocycles. The smallest absolute Gasteiger partial charge is 0.160 e. The zero-order valence-corrected chi connectivity index (χ0v) is 26.9. The Kier molecular flexibility index (Phi) is 6.42. The standard InChI is InChI=1S/C45H28N4O/c1-2-10-30(11-3-1)45-47-39(31-18-19-44-38(27-31)37-14-6-9-17-43(37)50-44)28-40(48-45)33-24-32(29-20-22-46-23-21-29)25-34(26-33)49-41-15-7-4-12-35(41)36-13-5-8-16-42(36)49/h1-28H. The van der Waals surface area contributed by atoms with Gasteiger partial charge in [0, 0.05) is 56.3 Å². The van der Waals surface area contributed by atoms with Gasteiger partial charge in [-0.15, -0.1) is 0 Å². The van der Waals surface area contributed by atoms with Crippen molar-refractivity contribution in [2.45, 2.75) is 0 Å². The maximum absolute atomic E-state index is 6.15. The SMILES string of the molecule is c1ccc(-c2nc(-c3cc(-c4ccncc4)cc(-n4c5ccccc5c5ccccc54)c3)cc(-c3ccc4oc5ccccc5c4c3)n2)cc1.